The molecule has 2 N–H and O–H groups in total. The Bertz CT molecular complexity index is 1460. The van der Waals surface area contributed by atoms with Crippen molar-refractivity contribution >= 4 is 17.7 Å². The molecule has 3 amide bonds. The molecule has 2 bridgehead atoms. The van der Waals surface area contributed by atoms with Crippen LogP contribution in [-0.2, 0) is 17.9 Å². The van der Waals surface area contributed by atoms with E-state index < -0.39 is 11.9 Å². The molecule has 0 saturated carbocycles. The minimum absolute atomic E-state index is 0.180. The number of nitrogens with one attached hydrogen (secondary N) is 2. The van der Waals surface area contributed by atoms with E-state index in [0.717, 1.165) is 5.56 Å². The van der Waals surface area contributed by atoms with Gasteiger partial charge in [-0.3, -0.25) is 19.1 Å². The number of aromatic nitrogens is 3. The fourth-order valence-electron chi connectivity index (χ4n) is 4.73. The first-order valence-corrected chi connectivity index (χ1v) is 14.0. The highest BCUT2D eigenvalue weighted by Gasteiger charge is 2.26. The summed E-state index contributed by atoms with van der Waals surface area (Å²) in [7, 11) is 4.44. The number of carbonyl (C=O) groups is 3. The van der Waals surface area contributed by atoms with Gasteiger partial charge in [-0.2, -0.15) is 0 Å². The average Bonchev–Trinajstić information content (AvgIpc) is 3.45. The molecule has 230 valence electrons. The summed E-state index contributed by atoms with van der Waals surface area (Å²) < 4.78 is 24.0. The number of nitrogens with zero attached hydrogens (tertiary/aromatic N) is 4. The van der Waals surface area contributed by atoms with Crippen molar-refractivity contribution in [1.82, 2.24) is 30.5 Å². The van der Waals surface area contributed by atoms with E-state index in [4.69, 9.17) is 18.9 Å². The number of fused-ring (bicyclic) bond motifs is 3. The van der Waals surface area contributed by atoms with Gasteiger partial charge in [0.15, 0.2) is 11.5 Å². The molecule has 13 nitrogen and oxygen atoms in total. The topological polar surface area (TPSA) is 146 Å². The Balaban J connectivity index is 1.58. The first kappa shape index (κ1) is 31.1. The lowest BCUT2D eigenvalue weighted by atomic mass is 10.1. The van der Waals surface area contributed by atoms with Crippen molar-refractivity contribution in [3.05, 3.63) is 58.9 Å². The number of benzene rings is 2. The molecule has 0 spiro atoms. The van der Waals surface area contributed by atoms with E-state index in [1.54, 1.807) is 47.0 Å². The van der Waals surface area contributed by atoms with Crippen molar-refractivity contribution in [2.45, 2.75) is 45.8 Å². The molecule has 2 heterocycles. The lowest BCUT2D eigenvalue weighted by molar-refractivity contribution is -0.122. The molecule has 13 heteroatoms. The highest BCUT2D eigenvalue weighted by atomic mass is 16.5. The molecule has 0 radical (unpaired) electrons. The zero-order valence-corrected chi connectivity index (χ0v) is 25.1. The van der Waals surface area contributed by atoms with E-state index >= 15 is 0 Å². The zero-order valence-electron chi connectivity index (χ0n) is 25.1. The molecule has 1 atom stereocenters. The number of carbonyl (C=O) groups excluding carboxylic acids is 3. The smallest absolute Gasteiger partial charge is 0.258 e. The molecule has 43 heavy (non-hydrogen) atoms. The summed E-state index contributed by atoms with van der Waals surface area (Å²) >= 11 is 0. The molecule has 0 aliphatic carbocycles. The number of amides is 3. The number of hydrogen-bond donors (Lipinski definition) is 2. The predicted molar refractivity (Wildman–Crippen MR) is 157 cm³/mol. The van der Waals surface area contributed by atoms with E-state index in [0.29, 0.717) is 66.6 Å². The molecular formula is C30H38N6O7. The molecule has 1 aliphatic rings. The maximum absolute atomic E-state index is 13.9. The summed E-state index contributed by atoms with van der Waals surface area (Å²) in [6, 6.07) is 7.80. The van der Waals surface area contributed by atoms with Crippen LogP contribution in [0, 0.1) is 6.92 Å². The normalized spacial score (nSPS) is 16.8. The maximum atomic E-state index is 13.9. The second-order valence-corrected chi connectivity index (χ2v) is 10.1. The second-order valence-electron chi connectivity index (χ2n) is 10.1. The van der Waals surface area contributed by atoms with Gasteiger partial charge in [0.2, 0.25) is 11.7 Å². The highest BCUT2D eigenvalue weighted by Crippen LogP contribution is 2.40. The zero-order chi connectivity index (χ0) is 30.9. The average molecular weight is 595 g/mol. The van der Waals surface area contributed by atoms with E-state index in [-0.39, 0.29) is 30.7 Å². The van der Waals surface area contributed by atoms with Crippen LogP contribution in [0.4, 0.5) is 0 Å². The van der Waals surface area contributed by atoms with Crippen LogP contribution in [0.1, 0.15) is 51.7 Å². The number of aryl methyl sites for hydroxylation is 2. The number of methoxy groups -OCH3 is 3. The van der Waals surface area contributed by atoms with Crippen LogP contribution < -0.4 is 29.6 Å². The lowest BCUT2D eigenvalue weighted by Crippen LogP contribution is -2.45. The Hall–Kier alpha value is -4.81. The second kappa shape index (κ2) is 14.4. The minimum Gasteiger partial charge on any atom is -0.493 e. The van der Waals surface area contributed by atoms with Crippen molar-refractivity contribution in [2.24, 2.45) is 0 Å². The van der Waals surface area contributed by atoms with Gasteiger partial charge in [0.1, 0.15) is 17.5 Å². The van der Waals surface area contributed by atoms with Gasteiger partial charge in [-0.15, -0.1) is 5.10 Å². The predicted octanol–water partition coefficient (Wildman–Crippen LogP) is 2.36. The van der Waals surface area contributed by atoms with Crippen molar-refractivity contribution in [3.8, 4) is 23.0 Å². The van der Waals surface area contributed by atoms with Crippen LogP contribution in [0.5, 0.6) is 23.0 Å². The Morgan fingerprint density at radius 1 is 1.02 bits per heavy atom. The van der Waals surface area contributed by atoms with Gasteiger partial charge in [0.05, 0.1) is 51.8 Å². The van der Waals surface area contributed by atoms with Gasteiger partial charge < -0.3 is 34.5 Å². The molecular weight excluding hydrogens is 556 g/mol. The molecule has 0 fully saturated rings. The van der Waals surface area contributed by atoms with Crippen LogP contribution in [0.3, 0.4) is 0 Å². The summed E-state index contributed by atoms with van der Waals surface area (Å²) in [5.74, 6) is 0.372. The van der Waals surface area contributed by atoms with Crippen LogP contribution in [0.2, 0.25) is 0 Å². The van der Waals surface area contributed by atoms with Crippen LogP contribution in [-0.4, -0.2) is 84.7 Å². The third-order valence-electron chi connectivity index (χ3n) is 6.98. The van der Waals surface area contributed by atoms with Gasteiger partial charge in [0, 0.05) is 26.1 Å². The minimum atomic E-state index is -0.786. The van der Waals surface area contributed by atoms with Gasteiger partial charge >= 0.3 is 0 Å². The largest absolute Gasteiger partial charge is 0.493 e. The summed E-state index contributed by atoms with van der Waals surface area (Å²) in [5, 5.41) is 14.1. The first-order valence-electron chi connectivity index (χ1n) is 14.0. The molecule has 0 saturated heterocycles. The quantitative estimate of drug-likeness (QED) is 0.465. The van der Waals surface area contributed by atoms with Gasteiger partial charge in [-0.1, -0.05) is 11.3 Å². The van der Waals surface area contributed by atoms with Crippen LogP contribution in [0.25, 0.3) is 0 Å². The van der Waals surface area contributed by atoms with E-state index in [2.05, 4.69) is 20.9 Å². The lowest BCUT2D eigenvalue weighted by Gasteiger charge is -2.24. The Labute approximate surface area is 250 Å². The molecule has 4 rings (SSSR count). The van der Waals surface area contributed by atoms with Crippen molar-refractivity contribution in [3.63, 3.8) is 0 Å². The Kier molecular flexibility index (Phi) is 10.4. The van der Waals surface area contributed by atoms with Crippen LogP contribution in [0.15, 0.2) is 36.5 Å². The summed E-state index contributed by atoms with van der Waals surface area (Å²) in [5.41, 5.74) is 2.19. The Morgan fingerprint density at radius 3 is 2.56 bits per heavy atom. The SMILES string of the molecule is COc1ccc(C(=O)N2CCCNC(=O)[C@@H](C)NC(=O)c3ccc(C)cc3OCCCn3cc(nn3)C2)c(OC)c1OC. The third kappa shape index (κ3) is 7.53. The van der Waals surface area contributed by atoms with Crippen molar-refractivity contribution in [1.29, 1.82) is 0 Å². The fraction of sp³-hybridized carbons (Fsp3) is 0.433. The monoisotopic (exact) mass is 594 g/mol. The summed E-state index contributed by atoms with van der Waals surface area (Å²) in [6.45, 7) is 5.14. The molecule has 1 aromatic heterocycles. The van der Waals surface area contributed by atoms with E-state index in [1.807, 2.05) is 13.0 Å². The van der Waals surface area contributed by atoms with E-state index in [1.165, 1.54) is 21.3 Å². The number of hydrogen-bond acceptors (Lipinski definition) is 9. The maximum Gasteiger partial charge on any atom is 0.258 e. The van der Waals surface area contributed by atoms with Gasteiger partial charge in [-0.05, 0) is 50.1 Å². The van der Waals surface area contributed by atoms with Gasteiger partial charge in [-0.25, -0.2) is 0 Å². The summed E-state index contributed by atoms with van der Waals surface area (Å²) in [6.07, 6.45) is 2.83. The third-order valence-corrected chi connectivity index (χ3v) is 6.98. The van der Waals surface area contributed by atoms with Crippen molar-refractivity contribution < 1.29 is 33.3 Å². The van der Waals surface area contributed by atoms with E-state index in [9.17, 15) is 14.4 Å². The van der Waals surface area contributed by atoms with Crippen LogP contribution >= 0.6 is 0 Å². The number of rotatable bonds is 4. The fourth-order valence-corrected chi connectivity index (χ4v) is 4.73. The molecule has 3 aromatic rings. The highest BCUT2D eigenvalue weighted by molar-refractivity contribution is 6.00. The summed E-state index contributed by atoms with van der Waals surface area (Å²) in [4.78, 5) is 41.3. The standard InChI is InChI=1S/C30H38N6O7/c1-19-8-9-22-25(16-19)43-15-7-14-36-18-21(33-34-36)17-35(13-6-12-31-28(37)20(2)32-29(22)38)30(39)23-10-11-24(40-3)27(42-5)26(23)41-4/h8-11,16,18,20H,6-7,12-15,17H2,1-5H3,(H,31,37)(H,32,38)/t20-/m1/s1. The molecule has 2 aromatic carbocycles. The first-order chi connectivity index (χ1) is 20.7. The van der Waals surface area contributed by atoms with Gasteiger partial charge in [0.25, 0.3) is 11.8 Å². The van der Waals surface area contributed by atoms with Crippen molar-refractivity contribution in [2.75, 3.05) is 41.0 Å². The number of ether oxygens (including phenoxy) is 4. The molecule has 1 aliphatic heterocycles. The molecule has 0 unspecified atom stereocenters. The Morgan fingerprint density at radius 2 is 1.81 bits per heavy atom.